The Morgan fingerprint density at radius 1 is 1.30 bits per heavy atom. The van der Waals surface area contributed by atoms with Gasteiger partial charge in [-0.3, -0.25) is 4.68 Å². The highest BCUT2D eigenvalue weighted by Gasteiger charge is 2.21. The summed E-state index contributed by atoms with van der Waals surface area (Å²) in [5.41, 5.74) is 2.47. The van der Waals surface area contributed by atoms with Crippen LogP contribution in [-0.4, -0.2) is 30.0 Å². The Kier molecular flexibility index (Phi) is 5.32. The van der Waals surface area contributed by atoms with E-state index in [1.54, 1.807) is 7.11 Å². The average molecular weight is 273 g/mol. The van der Waals surface area contributed by atoms with Crippen LogP contribution >= 0.6 is 0 Å². The molecule has 108 valence electrons. The first-order chi connectivity index (χ1) is 9.74. The van der Waals surface area contributed by atoms with E-state index in [4.69, 9.17) is 4.74 Å². The van der Waals surface area contributed by atoms with Crippen molar-refractivity contribution < 1.29 is 4.74 Å². The molecule has 4 nitrogen and oxygen atoms in total. The van der Waals surface area contributed by atoms with Gasteiger partial charge in [0.2, 0.25) is 0 Å². The summed E-state index contributed by atoms with van der Waals surface area (Å²) < 4.78 is 7.54. The van der Waals surface area contributed by atoms with Crippen molar-refractivity contribution in [1.82, 2.24) is 15.1 Å². The molecule has 0 saturated heterocycles. The van der Waals surface area contributed by atoms with Gasteiger partial charge < -0.3 is 10.1 Å². The number of nitrogens with one attached hydrogen (secondary N) is 1. The molecule has 2 rings (SSSR count). The van der Waals surface area contributed by atoms with Gasteiger partial charge in [0.15, 0.2) is 0 Å². The van der Waals surface area contributed by atoms with Gasteiger partial charge in [-0.15, -0.1) is 0 Å². The number of methoxy groups -OCH3 is 1. The van der Waals surface area contributed by atoms with Crippen LogP contribution in [-0.2, 0) is 18.2 Å². The molecule has 2 unspecified atom stereocenters. The average Bonchev–Trinajstić information content (AvgIpc) is 2.90. The van der Waals surface area contributed by atoms with Crippen LogP contribution in [0.4, 0.5) is 0 Å². The standard InChI is InChI=1S/C16H23N3O/c1-17-15(10-9-13-11-18-19(2)12-13)16(20-3)14-7-5-4-6-8-14/h4-8,11-12,15-17H,9-10H2,1-3H3. The summed E-state index contributed by atoms with van der Waals surface area (Å²) in [6, 6.07) is 10.6. The van der Waals surface area contributed by atoms with Crippen molar-refractivity contribution in [2.75, 3.05) is 14.2 Å². The van der Waals surface area contributed by atoms with Gasteiger partial charge in [-0.25, -0.2) is 0 Å². The third kappa shape index (κ3) is 3.68. The molecule has 0 spiro atoms. The maximum absolute atomic E-state index is 5.70. The van der Waals surface area contributed by atoms with Gasteiger partial charge in [-0.05, 0) is 31.0 Å². The molecule has 1 N–H and O–H groups in total. The summed E-state index contributed by atoms with van der Waals surface area (Å²) >= 11 is 0. The van der Waals surface area contributed by atoms with Crippen molar-refractivity contribution >= 4 is 0 Å². The third-order valence-corrected chi connectivity index (χ3v) is 3.62. The monoisotopic (exact) mass is 273 g/mol. The summed E-state index contributed by atoms with van der Waals surface area (Å²) in [5, 5.41) is 7.58. The van der Waals surface area contributed by atoms with Crippen LogP contribution in [0.1, 0.15) is 23.7 Å². The summed E-state index contributed by atoms with van der Waals surface area (Å²) in [7, 11) is 5.70. The molecule has 0 fully saturated rings. The predicted octanol–water partition coefficient (Wildman–Crippen LogP) is 2.33. The first-order valence-corrected chi connectivity index (χ1v) is 6.97. The van der Waals surface area contributed by atoms with Crippen LogP contribution < -0.4 is 5.32 Å². The zero-order chi connectivity index (χ0) is 14.4. The number of hydrogen-bond donors (Lipinski definition) is 1. The lowest BCUT2D eigenvalue weighted by atomic mass is 9.97. The molecule has 0 bridgehead atoms. The Hall–Kier alpha value is -1.65. The number of nitrogens with zero attached hydrogens (tertiary/aromatic N) is 2. The molecule has 20 heavy (non-hydrogen) atoms. The number of ether oxygens (including phenoxy) is 1. The molecule has 1 aromatic heterocycles. The minimum Gasteiger partial charge on any atom is -0.375 e. The second kappa shape index (κ2) is 7.22. The van der Waals surface area contributed by atoms with E-state index < -0.39 is 0 Å². The molecule has 2 aromatic rings. The van der Waals surface area contributed by atoms with E-state index in [0.29, 0.717) is 0 Å². The first-order valence-electron chi connectivity index (χ1n) is 6.97. The number of aryl methyl sites for hydroxylation is 2. The zero-order valence-corrected chi connectivity index (χ0v) is 12.4. The lowest BCUT2D eigenvalue weighted by Gasteiger charge is -2.26. The number of rotatable bonds is 7. The van der Waals surface area contributed by atoms with Gasteiger partial charge in [-0.1, -0.05) is 30.3 Å². The van der Waals surface area contributed by atoms with E-state index in [-0.39, 0.29) is 12.1 Å². The molecule has 0 radical (unpaired) electrons. The van der Waals surface area contributed by atoms with Gasteiger partial charge >= 0.3 is 0 Å². The fourth-order valence-electron chi connectivity index (χ4n) is 2.55. The Morgan fingerprint density at radius 2 is 2.05 bits per heavy atom. The largest absolute Gasteiger partial charge is 0.375 e. The van der Waals surface area contributed by atoms with Crippen LogP contribution in [0, 0.1) is 0 Å². The normalized spacial score (nSPS) is 14.2. The molecule has 0 amide bonds. The number of hydrogen-bond acceptors (Lipinski definition) is 3. The van der Waals surface area contributed by atoms with Crippen molar-refractivity contribution in [3.05, 3.63) is 53.9 Å². The summed E-state index contributed by atoms with van der Waals surface area (Å²) in [6.45, 7) is 0. The summed E-state index contributed by atoms with van der Waals surface area (Å²) in [6.07, 6.45) is 6.06. The lowest BCUT2D eigenvalue weighted by Crippen LogP contribution is -2.33. The Bertz CT molecular complexity index is 509. The van der Waals surface area contributed by atoms with Gasteiger partial charge in [0.25, 0.3) is 0 Å². The molecule has 1 aromatic carbocycles. The maximum atomic E-state index is 5.70. The molecular weight excluding hydrogens is 250 g/mol. The van der Waals surface area contributed by atoms with Gasteiger partial charge in [0, 0.05) is 26.4 Å². The van der Waals surface area contributed by atoms with E-state index in [0.717, 1.165) is 12.8 Å². The lowest BCUT2D eigenvalue weighted by molar-refractivity contribution is 0.0676. The Labute approximate surface area is 120 Å². The SMILES string of the molecule is CNC(CCc1cnn(C)c1)C(OC)c1ccccc1. The molecule has 0 aliphatic carbocycles. The van der Waals surface area contributed by atoms with E-state index in [1.807, 2.05) is 31.0 Å². The van der Waals surface area contributed by atoms with Crippen LogP contribution in [0.25, 0.3) is 0 Å². The van der Waals surface area contributed by atoms with Crippen molar-refractivity contribution in [2.45, 2.75) is 25.0 Å². The van der Waals surface area contributed by atoms with Crippen LogP contribution in [0.3, 0.4) is 0 Å². The van der Waals surface area contributed by atoms with Gasteiger partial charge in [-0.2, -0.15) is 5.10 Å². The van der Waals surface area contributed by atoms with Crippen molar-refractivity contribution in [3.8, 4) is 0 Å². The number of likely N-dealkylation sites (N-methyl/N-ethyl adjacent to an activating group) is 1. The van der Waals surface area contributed by atoms with Crippen LogP contribution in [0.15, 0.2) is 42.7 Å². The number of aromatic nitrogens is 2. The van der Waals surface area contributed by atoms with Gasteiger partial charge in [0.05, 0.1) is 12.3 Å². The smallest absolute Gasteiger partial charge is 0.0974 e. The van der Waals surface area contributed by atoms with Crippen LogP contribution in [0.5, 0.6) is 0 Å². The molecular formula is C16H23N3O. The molecule has 4 heteroatoms. The molecule has 0 aliphatic heterocycles. The van der Waals surface area contributed by atoms with Crippen molar-refractivity contribution in [1.29, 1.82) is 0 Å². The fourth-order valence-corrected chi connectivity index (χ4v) is 2.55. The zero-order valence-electron chi connectivity index (χ0n) is 12.4. The second-order valence-electron chi connectivity index (χ2n) is 5.02. The number of benzene rings is 1. The topological polar surface area (TPSA) is 39.1 Å². The summed E-state index contributed by atoms with van der Waals surface area (Å²) in [4.78, 5) is 0. The minimum absolute atomic E-state index is 0.0675. The second-order valence-corrected chi connectivity index (χ2v) is 5.02. The fraction of sp³-hybridized carbons (Fsp3) is 0.438. The first kappa shape index (κ1) is 14.8. The predicted molar refractivity (Wildman–Crippen MR) is 80.6 cm³/mol. The molecule has 0 saturated carbocycles. The summed E-state index contributed by atoms with van der Waals surface area (Å²) in [5.74, 6) is 0. The quantitative estimate of drug-likeness (QED) is 0.841. The molecule has 1 heterocycles. The van der Waals surface area contributed by atoms with E-state index in [2.05, 4.69) is 40.9 Å². The van der Waals surface area contributed by atoms with E-state index in [9.17, 15) is 0 Å². The molecule has 2 atom stereocenters. The highest BCUT2D eigenvalue weighted by molar-refractivity contribution is 5.19. The van der Waals surface area contributed by atoms with Crippen molar-refractivity contribution in [2.24, 2.45) is 7.05 Å². The highest BCUT2D eigenvalue weighted by Crippen LogP contribution is 2.23. The van der Waals surface area contributed by atoms with Gasteiger partial charge in [0.1, 0.15) is 0 Å². The van der Waals surface area contributed by atoms with E-state index in [1.165, 1.54) is 11.1 Å². The highest BCUT2D eigenvalue weighted by atomic mass is 16.5. The Morgan fingerprint density at radius 3 is 2.60 bits per heavy atom. The van der Waals surface area contributed by atoms with Crippen molar-refractivity contribution in [3.63, 3.8) is 0 Å². The molecule has 0 aliphatic rings. The van der Waals surface area contributed by atoms with E-state index >= 15 is 0 Å². The Balaban J connectivity index is 2.02. The third-order valence-electron chi connectivity index (χ3n) is 3.62. The maximum Gasteiger partial charge on any atom is 0.0974 e. The minimum atomic E-state index is 0.0675. The van der Waals surface area contributed by atoms with Crippen LogP contribution in [0.2, 0.25) is 0 Å².